The van der Waals surface area contributed by atoms with Crippen molar-refractivity contribution in [2.75, 3.05) is 4.90 Å². The van der Waals surface area contributed by atoms with Crippen LogP contribution in [0.4, 0.5) is 5.69 Å². The Bertz CT molecular complexity index is 1160. The second kappa shape index (κ2) is 7.84. The Morgan fingerprint density at radius 2 is 1.76 bits per heavy atom. The third-order valence-corrected chi connectivity index (χ3v) is 6.44. The molecule has 146 valence electrons. The first-order chi connectivity index (χ1) is 13.9. The van der Waals surface area contributed by atoms with Gasteiger partial charge in [-0.1, -0.05) is 46.9 Å². The number of benzene rings is 2. The molecule has 1 unspecified atom stereocenters. The summed E-state index contributed by atoms with van der Waals surface area (Å²) in [6, 6.07) is 14.0. The van der Waals surface area contributed by atoms with E-state index in [1.165, 1.54) is 28.4 Å². The highest BCUT2D eigenvalue weighted by atomic mass is 35.5. The molecule has 0 radical (unpaired) electrons. The standard InChI is InChI=1S/C21H12Cl3NO3S/c22-12-3-1-4-13(10-12)25-18(16-5-2-8-29-16)17(20(27)21(25)28)19(26)11-6-7-14(23)15(24)9-11/h1-10,18,26H/b19-17-. The number of carbonyl (C=O) groups excluding carboxylic acids is 2. The maximum Gasteiger partial charge on any atom is 0.300 e. The fourth-order valence-electron chi connectivity index (χ4n) is 3.24. The van der Waals surface area contributed by atoms with Crippen LogP contribution in [0.2, 0.25) is 15.1 Å². The zero-order chi connectivity index (χ0) is 20.7. The van der Waals surface area contributed by atoms with Crippen LogP contribution in [0.3, 0.4) is 0 Å². The van der Waals surface area contributed by atoms with Gasteiger partial charge >= 0.3 is 0 Å². The van der Waals surface area contributed by atoms with E-state index in [1.807, 2.05) is 11.4 Å². The molecule has 3 aromatic rings. The van der Waals surface area contributed by atoms with E-state index in [9.17, 15) is 14.7 Å². The summed E-state index contributed by atoms with van der Waals surface area (Å²) in [4.78, 5) is 28.0. The summed E-state index contributed by atoms with van der Waals surface area (Å²) in [7, 11) is 0. The molecule has 1 fully saturated rings. The number of aliphatic hydroxyl groups is 1. The monoisotopic (exact) mass is 463 g/mol. The molecule has 1 N–H and O–H groups in total. The number of rotatable bonds is 3. The molecule has 1 amide bonds. The van der Waals surface area contributed by atoms with E-state index in [0.717, 1.165) is 4.88 Å². The summed E-state index contributed by atoms with van der Waals surface area (Å²) >= 11 is 19.5. The SMILES string of the molecule is O=C1C(=O)N(c2cccc(Cl)c2)C(c2cccs2)/C1=C(/O)c1ccc(Cl)c(Cl)c1. The van der Waals surface area contributed by atoms with Gasteiger partial charge in [0, 0.05) is 21.2 Å². The van der Waals surface area contributed by atoms with E-state index < -0.39 is 17.7 Å². The first-order valence-corrected chi connectivity index (χ1v) is 10.4. The van der Waals surface area contributed by atoms with Crippen molar-refractivity contribution in [2.24, 2.45) is 0 Å². The van der Waals surface area contributed by atoms with Gasteiger partial charge in [0.1, 0.15) is 11.8 Å². The largest absolute Gasteiger partial charge is 0.507 e. The number of ketones is 1. The second-order valence-corrected chi connectivity index (χ2v) is 8.52. The predicted molar refractivity (Wildman–Crippen MR) is 117 cm³/mol. The zero-order valence-electron chi connectivity index (χ0n) is 14.6. The molecule has 1 saturated heterocycles. The molecule has 2 heterocycles. The Morgan fingerprint density at radius 3 is 2.41 bits per heavy atom. The summed E-state index contributed by atoms with van der Waals surface area (Å²) in [5, 5.41) is 13.8. The van der Waals surface area contributed by atoms with Crippen molar-refractivity contribution in [3.63, 3.8) is 0 Å². The van der Waals surface area contributed by atoms with Crippen LogP contribution in [-0.4, -0.2) is 16.8 Å². The summed E-state index contributed by atoms with van der Waals surface area (Å²) in [6.45, 7) is 0. The van der Waals surface area contributed by atoms with Crippen molar-refractivity contribution >= 4 is 69.3 Å². The van der Waals surface area contributed by atoms with Crippen molar-refractivity contribution in [1.29, 1.82) is 0 Å². The van der Waals surface area contributed by atoms with Gasteiger partial charge in [-0.2, -0.15) is 0 Å². The molecular formula is C21H12Cl3NO3S. The molecule has 29 heavy (non-hydrogen) atoms. The molecule has 2 aromatic carbocycles. The van der Waals surface area contributed by atoms with Crippen LogP contribution >= 0.6 is 46.1 Å². The lowest BCUT2D eigenvalue weighted by Gasteiger charge is -2.24. The Labute approximate surface area is 185 Å². The highest BCUT2D eigenvalue weighted by molar-refractivity contribution is 7.10. The van der Waals surface area contributed by atoms with Crippen LogP contribution in [0.25, 0.3) is 5.76 Å². The number of Topliss-reactive ketones (excluding diaryl/α,β-unsaturated/α-hetero) is 1. The number of anilines is 1. The number of hydrogen-bond donors (Lipinski definition) is 1. The van der Waals surface area contributed by atoms with Crippen molar-refractivity contribution in [2.45, 2.75) is 6.04 Å². The van der Waals surface area contributed by atoms with Crippen LogP contribution < -0.4 is 4.90 Å². The second-order valence-electron chi connectivity index (χ2n) is 6.29. The van der Waals surface area contributed by atoms with Gasteiger partial charge < -0.3 is 5.11 Å². The van der Waals surface area contributed by atoms with Crippen molar-refractivity contribution < 1.29 is 14.7 Å². The lowest BCUT2D eigenvalue weighted by Crippen LogP contribution is -2.29. The summed E-state index contributed by atoms with van der Waals surface area (Å²) in [5.41, 5.74) is 0.743. The third kappa shape index (κ3) is 3.55. The van der Waals surface area contributed by atoms with Crippen LogP contribution in [-0.2, 0) is 9.59 Å². The molecule has 1 aromatic heterocycles. The minimum absolute atomic E-state index is 0.0178. The van der Waals surface area contributed by atoms with E-state index >= 15 is 0 Å². The van der Waals surface area contributed by atoms with Gasteiger partial charge in [0.05, 0.1) is 15.6 Å². The molecule has 0 spiro atoms. The molecular weight excluding hydrogens is 453 g/mol. The highest BCUT2D eigenvalue weighted by Gasteiger charge is 2.47. The lowest BCUT2D eigenvalue weighted by molar-refractivity contribution is -0.132. The summed E-state index contributed by atoms with van der Waals surface area (Å²) < 4.78 is 0. The average Bonchev–Trinajstić information content (AvgIpc) is 3.31. The Kier molecular flexibility index (Phi) is 5.40. The van der Waals surface area contributed by atoms with E-state index in [1.54, 1.807) is 36.4 Å². The molecule has 1 aliphatic heterocycles. The molecule has 8 heteroatoms. The Morgan fingerprint density at radius 1 is 0.966 bits per heavy atom. The van der Waals surface area contributed by atoms with Gasteiger partial charge in [-0.15, -0.1) is 11.3 Å². The van der Waals surface area contributed by atoms with Crippen LogP contribution in [0.5, 0.6) is 0 Å². The van der Waals surface area contributed by atoms with E-state index in [4.69, 9.17) is 34.8 Å². The van der Waals surface area contributed by atoms with Gasteiger partial charge in [0.25, 0.3) is 11.7 Å². The van der Waals surface area contributed by atoms with Crippen LogP contribution in [0.1, 0.15) is 16.5 Å². The summed E-state index contributed by atoms with van der Waals surface area (Å²) in [5.74, 6) is -1.84. The number of hydrogen-bond acceptors (Lipinski definition) is 4. The van der Waals surface area contributed by atoms with Gasteiger partial charge in [-0.3, -0.25) is 14.5 Å². The predicted octanol–water partition coefficient (Wildman–Crippen LogP) is 6.33. The van der Waals surface area contributed by atoms with Crippen molar-refractivity contribution in [3.8, 4) is 0 Å². The number of thiophene rings is 1. The number of nitrogens with zero attached hydrogens (tertiary/aromatic N) is 1. The number of amides is 1. The first kappa shape index (κ1) is 20.0. The van der Waals surface area contributed by atoms with E-state index in [0.29, 0.717) is 21.3 Å². The van der Waals surface area contributed by atoms with Gasteiger partial charge in [0.15, 0.2) is 0 Å². The van der Waals surface area contributed by atoms with Crippen molar-refractivity contribution in [1.82, 2.24) is 0 Å². The van der Waals surface area contributed by atoms with Gasteiger partial charge in [0.2, 0.25) is 0 Å². The van der Waals surface area contributed by atoms with Crippen LogP contribution in [0, 0.1) is 0 Å². The molecule has 0 saturated carbocycles. The van der Waals surface area contributed by atoms with Crippen molar-refractivity contribution in [3.05, 3.63) is 91.1 Å². The Hall–Kier alpha value is -2.31. The minimum atomic E-state index is -0.789. The zero-order valence-corrected chi connectivity index (χ0v) is 17.7. The quantitative estimate of drug-likeness (QED) is 0.280. The molecule has 1 atom stereocenters. The first-order valence-electron chi connectivity index (χ1n) is 8.44. The van der Waals surface area contributed by atoms with Gasteiger partial charge in [-0.05, 0) is 47.8 Å². The Balaban J connectivity index is 1.94. The summed E-state index contributed by atoms with van der Waals surface area (Å²) in [6.07, 6.45) is 0. The molecule has 0 bridgehead atoms. The molecule has 1 aliphatic rings. The van der Waals surface area contributed by atoms with E-state index in [2.05, 4.69) is 0 Å². The van der Waals surface area contributed by atoms with E-state index in [-0.39, 0.29) is 16.4 Å². The fourth-order valence-corrected chi connectivity index (χ4v) is 4.55. The minimum Gasteiger partial charge on any atom is -0.507 e. The molecule has 0 aliphatic carbocycles. The lowest BCUT2D eigenvalue weighted by atomic mass is 9.99. The number of aliphatic hydroxyl groups excluding tert-OH is 1. The highest BCUT2D eigenvalue weighted by Crippen LogP contribution is 2.44. The maximum atomic E-state index is 12.9. The molecule has 4 rings (SSSR count). The molecule has 4 nitrogen and oxygen atoms in total. The normalized spacial score (nSPS) is 18.4. The topological polar surface area (TPSA) is 57.6 Å². The maximum absolute atomic E-state index is 12.9. The fraction of sp³-hybridized carbons (Fsp3) is 0.0476. The third-order valence-electron chi connectivity index (χ3n) is 4.54. The smallest absolute Gasteiger partial charge is 0.300 e. The van der Waals surface area contributed by atoms with Crippen LogP contribution in [0.15, 0.2) is 65.6 Å². The van der Waals surface area contributed by atoms with Gasteiger partial charge in [-0.25, -0.2) is 0 Å². The average molecular weight is 465 g/mol. The number of carbonyl (C=O) groups is 2. The number of halogens is 3.